The maximum atomic E-state index is 13.8. The lowest BCUT2D eigenvalue weighted by atomic mass is 10.1. The Morgan fingerprint density at radius 1 is 0.919 bits per heavy atom. The highest BCUT2D eigenvalue weighted by molar-refractivity contribution is 5.87. The first-order valence-electron chi connectivity index (χ1n) is 10.7. The highest BCUT2D eigenvalue weighted by Crippen LogP contribution is 2.36. The summed E-state index contributed by atoms with van der Waals surface area (Å²) in [6.07, 6.45) is -6.64. The number of nitrogens with zero attached hydrogens (tertiary/aromatic N) is 6. The van der Waals surface area contributed by atoms with Crippen molar-refractivity contribution in [2.75, 3.05) is 17.2 Å². The molecule has 0 aliphatic heterocycles. The van der Waals surface area contributed by atoms with Gasteiger partial charge in [-0.15, -0.1) is 10.2 Å². The third kappa shape index (κ3) is 6.17. The average Bonchev–Trinajstić information content (AvgIpc) is 2.83. The zero-order valence-corrected chi connectivity index (χ0v) is 18.9. The zero-order valence-electron chi connectivity index (χ0n) is 18.9. The van der Waals surface area contributed by atoms with Crippen molar-refractivity contribution >= 4 is 28.5 Å². The van der Waals surface area contributed by atoms with E-state index in [-0.39, 0.29) is 40.7 Å². The molecule has 4 rings (SSSR count). The fourth-order valence-electron chi connectivity index (χ4n) is 3.20. The van der Waals surface area contributed by atoms with Crippen molar-refractivity contribution in [1.29, 1.82) is 0 Å². The van der Waals surface area contributed by atoms with E-state index in [4.69, 9.17) is 0 Å². The normalized spacial score (nSPS) is 13.0. The van der Waals surface area contributed by atoms with Gasteiger partial charge in [0.25, 0.3) is 0 Å². The summed E-state index contributed by atoms with van der Waals surface area (Å²) in [6, 6.07) is 4.23. The summed E-state index contributed by atoms with van der Waals surface area (Å²) in [7, 11) is 0. The number of halogens is 6. The topological polar surface area (TPSA) is 122 Å². The van der Waals surface area contributed by atoms with Crippen molar-refractivity contribution in [1.82, 2.24) is 30.1 Å². The number of anilines is 3. The summed E-state index contributed by atoms with van der Waals surface area (Å²) in [5.41, 5.74) is -2.44. The molecule has 4 aromatic heterocycles. The zero-order chi connectivity index (χ0) is 26.8. The molecule has 3 N–H and O–H groups in total. The second-order valence-electron chi connectivity index (χ2n) is 7.89. The standard InChI is InChI=1S/C22H18F6N8O/c1-11(37)4-6-29-17-8-13(22(26,27)28)18(36-35-17)15-10-32-19-14(5-7-30-20(19)34-15)33-16-3-2-12(9-31-16)21(23,24)25/h2-3,5,7-11,37H,4,6H2,1H3,(H,29,35)(H,30,31,33,34). The Bertz CT molecular complexity index is 1390. The summed E-state index contributed by atoms with van der Waals surface area (Å²) >= 11 is 0. The Kier molecular flexibility index (Phi) is 7.07. The first-order chi connectivity index (χ1) is 17.4. The minimum absolute atomic E-state index is 0.0385. The van der Waals surface area contributed by atoms with E-state index < -0.39 is 35.3 Å². The van der Waals surface area contributed by atoms with Crippen LogP contribution in [0.2, 0.25) is 0 Å². The van der Waals surface area contributed by atoms with Gasteiger partial charge in [0.2, 0.25) is 0 Å². The number of nitrogens with one attached hydrogen (secondary N) is 2. The lowest BCUT2D eigenvalue weighted by molar-refractivity contribution is -0.138. The van der Waals surface area contributed by atoms with Crippen molar-refractivity contribution in [3.63, 3.8) is 0 Å². The Morgan fingerprint density at radius 2 is 1.70 bits per heavy atom. The molecule has 0 saturated heterocycles. The van der Waals surface area contributed by atoms with Gasteiger partial charge in [0, 0.05) is 18.9 Å². The maximum absolute atomic E-state index is 13.8. The third-order valence-electron chi connectivity index (χ3n) is 5.01. The number of rotatable bonds is 7. The minimum atomic E-state index is -4.78. The highest BCUT2D eigenvalue weighted by atomic mass is 19.4. The number of hydrogen-bond donors (Lipinski definition) is 3. The fraction of sp³-hybridized carbons (Fsp3) is 0.273. The molecule has 9 nitrogen and oxygen atoms in total. The van der Waals surface area contributed by atoms with Gasteiger partial charge in [0.05, 0.1) is 29.1 Å². The molecule has 194 valence electrons. The smallest absolute Gasteiger partial charge is 0.393 e. The van der Waals surface area contributed by atoms with Crippen LogP contribution in [0.1, 0.15) is 24.5 Å². The molecule has 0 radical (unpaired) electrons. The van der Waals surface area contributed by atoms with Gasteiger partial charge in [-0.25, -0.2) is 19.9 Å². The first kappa shape index (κ1) is 25.9. The molecule has 0 aliphatic carbocycles. The maximum Gasteiger partial charge on any atom is 0.418 e. The lowest BCUT2D eigenvalue weighted by Crippen LogP contribution is -2.15. The Labute approximate surface area is 205 Å². The van der Waals surface area contributed by atoms with Crippen LogP contribution in [0.5, 0.6) is 0 Å². The van der Waals surface area contributed by atoms with E-state index in [0.29, 0.717) is 12.6 Å². The number of aliphatic hydroxyl groups is 1. The van der Waals surface area contributed by atoms with E-state index in [1.165, 1.54) is 12.3 Å². The van der Waals surface area contributed by atoms with Gasteiger partial charge >= 0.3 is 12.4 Å². The molecule has 15 heteroatoms. The summed E-state index contributed by atoms with van der Waals surface area (Å²) in [5.74, 6) is -0.0468. The minimum Gasteiger partial charge on any atom is -0.393 e. The van der Waals surface area contributed by atoms with Gasteiger partial charge in [-0.3, -0.25) is 0 Å². The number of hydrogen-bond acceptors (Lipinski definition) is 9. The SMILES string of the molecule is CC(O)CCNc1cc(C(F)(F)F)c(-c2cnc3c(Nc4ccc(C(F)(F)F)cn4)ccnc3n2)nn1. The average molecular weight is 524 g/mol. The van der Waals surface area contributed by atoms with E-state index in [0.717, 1.165) is 24.4 Å². The molecule has 4 heterocycles. The van der Waals surface area contributed by atoms with Crippen LogP contribution in [0, 0.1) is 0 Å². The Balaban J connectivity index is 1.65. The monoisotopic (exact) mass is 524 g/mol. The van der Waals surface area contributed by atoms with Gasteiger partial charge in [0.15, 0.2) is 5.65 Å². The number of aromatic nitrogens is 6. The summed E-state index contributed by atoms with van der Waals surface area (Å²) in [6.45, 7) is 1.73. The summed E-state index contributed by atoms with van der Waals surface area (Å²) < 4.78 is 79.7. The molecule has 0 saturated carbocycles. The predicted molar refractivity (Wildman–Crippen MR) is 121 cm³/mol. The number of alkyl halides is 6. The van der Waals surface area contributed by atoms with Crippen LogP contribution in [0.15, 0.2) is 42.9 Å². The molecule has 0 amide bonds. The number of pyridine rings is 2. The summed E-state index contributed by atoms with van der Waals surface area (Å²) in [4.78, 5) is 16.1. The lowest BCUT2D eigenvalue weighted by Gasteiger charge is -2.14. The van der Waals surface area contributed by atoms with Gasteiger partial charge in [-0.05, 0) is 37.6 Å². The van der Waals surface area contributed by atoms with Crippen LogP contribution < -0.4 is 10.6 Å². The second-order valence-corrected chi connectivity index (χ2v) is 7.89. The van der Waals surface area contributed by atoms with E-state index in [1.54, 1.807) is 6.92 Å². The van der Waals surface area contributed by atoms with Crippen molar-refractivity contribution in [3.05, 3.63) is 54.0 Å². The van der Waals surface area contributed by atoms with E-state index >= 15 is 0 Å². The molecule has 0 aliphatic rings. The van der Waals surface area contributed by atoms with Gasteiger partial charge in [-0.2, -0.15) is 26.3 Å². The quantitative estimate of drug-likeness (QED) is 0.292. The third-order valence-corrected chi connectivity index (χ3v) is 5.01. The highest BCUT2D eigenvalue weighted by Gasteiger charge is 2.36. The van der Waals surface area contributed by atoms with Crippen molar-refractivity contribution in [3.8, 4) is 11.4 Å². The Hall–Kier alpha value is -4.14. The molecule has 1 atom stereocenters. The molecular weight excluding hydrogens is 506 g/mol. The summed E-state index contributed by atoms with van der Waals surface area (Å²) in [5, 5.41) is 22.3. The molecule has 4 aromatic rings. The van der Waals surface area contributed by atoms with Crippen LogP contribution in [-0.2, 0) is 12.4 Å². The molecule has 1 unspecified atom stereocenters. The van der Waals surface area contributed by atoms with Crippen molar-refractivity contribution < 1.29 is 31.4 Å². The molecule has 0 spiro atoms. The van der Waals surface area contributed by atoms with Crippen LogP contribution in [0.3, 0.4) is 0 Å². The van der Waals surface area contributed by atoms with Crippen LogP contribution in [-0.4, -0.2) is 47.9 Å². The van der Waals surface area contributed by atoms with Crippen molar-refractivity contribution in [2.45, 2.75) is 31.8 Å². The molecule has 37 heavy (non-hydrogen) atoms. The van der Waals surface area contributed by atoms with E-state index in [1.807, 2.05) is 0 Å². The van der Waals surface area contributed by atoms with Crippen LogP contribution in [0.25, 0.3) is 22.6 Å². The van der Waals surface area contributed by atoms with Gasteiger partial charge < -0.3 is 15.7 Å². The van der Waals surface area contributed by atoms with Crippen molar-refractivity contribution in [2.24, 2.45) is 0 Å². The second kappa shape index (κ2) is 10.1. The van der Waals surface area contributed by atoms with Gasteiger partial charge in [-0.1, -0.05) is 0 Å². The largest absolute Gasteiger partial charge is 0.418 e. The van der Waals surface area contributed by atoms with Crippen LogP contribution >= 0.6 is 0 Å². The molecule has 0 fully saturated rings. The number of aliphatic hydroxyl groups excluding tert-OH is 1. The molecule has 0 bridgehead atoms. The van der Waals surface area contributed by atoms with Crippen LogP contribution in [0.4, 0.5) is 43.7 Å². The van der Waals surface area contributed by atoms with E-state index in [9.17, 15) is 31.4 Å². The first-order valence-corrected chi connectivity index (χ1v) is 10.7. The van der Waals surface area contributed by atoms with E-state index in [2.05, 4.69) is 40.8 Å². The predicted octanol–water partition coefficient (Wildman–Crippen LogP) is 4.84. The number of fused-ring (bicyclic) bond motifs is 1. The molecule has 0 aromatic carbocycles. The Morgan fingerprint density at radius 3 is 2.35 bits per heavy atom. The molecular formula is C22H18F6N8O. The van der Waals surface area contributed by atoms with Gasteiger partial charge in [0.1, 0.15) is 28.5 Å². The fourth-order valence-corrected chi connectivity index (χ4v) is 3.20.